The summed E-state index contributed by atoms with van der Waals surface area (Å²) in [7, 11) is 4.62. The number of aromatic nitrogens is 5. The minimum atomic E-state index is -1.14. The molecule has 1 fully saturated rings. The smallest absolute Gasteiger partial charge is 0.347 e. The number of phenols is 1. The van der Waals surface area contributed by atoms with Crippen LogP contribution in [0, 0.1) is 25.2 Å². The molecule has 0 amide bonds. The van der Waals surface area contributed by atoms with Crippen LogP contribution in [0.1, 0.15) is 54.6 Å². The highest BCUT2D eigenvalue weighted by Gasteiger charge is 2.59. The van der Waals surface area contributed by atoms with Crippen LogP contribution >= 0.6 is 0 Å². The molecule has 3 heterocycles. The average Bonchev–Trinajstić information content (AvgIpc) is 3.34. The molecule has 0 radical (unpaired) electrons. The number of aromatic hydroxyl groups is 1. The van der Waals surface area contributed by atoms with Crippen LogP contribution in [0.15, 0.2) is 61.9 Å². The molecule has 13 nitrogen and oxygen atoms in total. The molecule has 0 saturated heterocycles. The molecule has 50 heavy (non-hydrogen) atoms. The molecule has 0 bridgehead atoms. The first-order valence-electron chi connectivity index (χ1n) is 16.5. The Bertz CT molecular complexity index is 2380. The highest BCUT2D eigenvalue weighted by molar-refractivity contribution is 6.13. The van der Waals surface area contributed by atoms with E-state index in [4.69, 9.17) is 9.47 Å². The van der Waals surface area contributed by atoms with Crippen LogP contribution in [0.3, 0.4) is 0 Å². The number of nitrogens with zero attached hydrogens (tertiary/aromatic N) is 5. The molecule has 260 valence electrons. The van der Waals surface area contributed by atoms with Crippen molar-refractivity contribution in [2.45, 2.75) is 65.6 Å². The Morgan fingerprint density at radius 3 is 2.28 bits per heavy atom. The predicted octanol–water partition coefficient (Wildman–Crippen LogP) is 3.03. The number of fused-ring (bicyclic) bond motifs is 5. The van der Waals surface area contributed by atoms with Gasteiger partial charge in [-0.25, -0.2) is 28.5 Å². The van der Waals surface area contributed by atoms with Crippen LogP contribution in [0.2, 0.25) is 0 Å². The van der Waals surface area contributed by atoms with Crippen LogP contribution in [-0.2, 0) is 36.1 Å². The Morgan fingerprint density at radius 1 is 0.960 bits per heavy atom. The van der Waals surface area contributed by atoms with E-state index < -0.39 is 34.7 Å². The van der Waals surface area contributed by atoms with Crippen LogP contribution < -0.4 is 26.4 Å². The lowest BCUT2D eigenvalue weighted by Crippen LogP contribution is -2.54. The number of phenolic OH excluding ortho intramolecular Hbond substituents is 1. The van der Waals surface area contributed by atoms with Crippen molar-refractivity contribution < 1.29 is 24.2 Å². The second-order valence-electron chi connectivity index (χ2n) is 13.8. The van der Waals surface area contributed by atoms with Crippen LogP contribution in [0.4, 0.5) is 0 Å². The van der Waals surface area contributed by atoms with Gasteiger partial charge in [0.25, 0.3) is 5.56 Å². The van der Waals surface area contributed by atoms with Crippen LogP contribution in [0.25, 0.3) is 11.0 Å². The number of ether oxygens (including phenoxy) is 2. The number of hydrogen-bond acceptors (Lipinski definition) is 9. The van der Waals surface area contributed by atoms with E-state index >= 15 is 0 Å². The second-order valence-corrected chi connectivity index (χ2v) is 13.8. The molecule has 4 aromatic rings. The minimum Gasteiger partial charge on any atom is -0.507 e. The van der Waals surface area contributed by atoms with Crippen molar-refractivity contribution in [1.82, 2.24) is 23.5 Å². The van der Waals surface area contributed by atoms with Crippen molar-refractivity contribution >= 4 is 22.6 Å². The zero-order chi connectivity index (χ0) is 36.0. The topological polar surface area (TPSA) is 157 Å². The summed E-state index contributed by atoms with van der Waals surface area (Å²) < 4.78 is 16.1. The van der Waals surface area contributed by atoms with Crippen molar-refractivity contribution in [2.75, 3.05) is 14.2 Å². The first-order chi connectivity index (χ1) is 23.7. The van der Waals surface area contributed by atoms with Crippen molar-refractivity contribution in [1.29, 1.82) is 0 Å². The third-order valence-corrected chi connectivity index (χ3v) is 11.1. The van der Waals surface area contributed by atoms with Gasteiger partial charge in [-0.1, -0.05) is 25.1 Å². The molecule has 0 spiro atoms. The quantitative estimate of drug-likeness (QED) is 0.302. The number of carbonyl (C=O) groups excluding carboxylic acids is 2. The van der Waals surface area contributed by atoms with Crippen molar-refractivity contribution in [3.63, 3.8) is 0 Å². The summed E-state index contributed by atoms with van der Waals surface area (Å²) in [4.78, 5) is 73.7. The van der Waals surface area contributed by atoms with Gasteiger partial charge in [-0.15, -0.1) is 0 Å². The van der Waals surface area contributed by atoms with Crippen molar-refractivity contribution in [3.8, 4) is 17.2 Å². The Hall–Kier alpha value is -5.46. The van der Waals surface area contributed by atoms with Crippen molar-refractivity contribution in [2.24, 2.45) is 18.4 Å². The standard InChI is InChI=1S/C37H39N5O8/c1-18-12-21(13-19(2)32(18)44)31-22-8-11-41-35(47)40(36(48)42(41)26(22)15-23-33(45)20(3)14-30(43)37(23,31)4)10-9-24-34(46)39(5)27-17-29(50-7)28(49-6)16-25(27)38-24/h8,12-14,16-17,23,26,31,44H,9-11,15H2,1-7H3. The van der Waals surface area contributed by atoms with Gasteiger partial charge in [0, 0.05) is 44.0 Å². The number of Topliss-reactive ketones (excluding diaryl/α,β-unsaturated/α-hetero) is 1. The first kappa shape index (κ1) is 33.1. The largest absolute Gasteiger partial charge is 0.507 e. The van der Waals surface area contributed by atoms with Gasteiger partial charge in [-0.3, -0.25) is 14.4 Å². The third kappa shape index (κ3) is 4.58. The normalized spacial score (nSPS) is 22.8. The van der Waals surface area contributed by atoms with Crippen LogP contribution in [-0.4, -0.2) is 54.4 Å². The van der Waals surface area contributed by atoms with Gasteiger partial charge in [0.1, 0.15) is 11.4 Å². The van der Waals surface area contributed by atoms with Gasteiger partial charge < -0.3 is 19.1 Å². The molecule has 1 aliphatic heterocycles. The fourth-order valence-electron chi connectivity index (χ4n) is 8.41. The molecule has 2 aromatic carbocycles. The van der Waals surface area contributed by atoms with Crippen molar-refractivity contribution in [3.05, 3.63) is 101 Å². The molecule has 4 atom stereocenters. The van der Waals surface area contributed by atoms with E-state index in [2.05, 4.69) is 4.98 Å². The van der Waals surface area contributed by atoms with E-state index in [9.17, 15) is 29.1 Å². The molecule has 2 aromatic heterocycles. The van der Waals surface area contributed by atoms with Gasteiger partial charge in [0.15, 0.2) is 23.1 Å². The molecule has 2 aliphatic carbocycles. The van der Waals surface area contributed by atoms with E-state index in [1.807, 2.05) is 25.1 Å². The number of ketones is 2. The maximum absolute atomic E-state index is 14.2. The van der Waals surface area contributed by atoms with E-state index in [0.717, 1.165) is 15.7 Å². The molecule has 4 unspecified atom stereocenters. The number of allylic oxidation sites excluding steroid dienone is 4. The maximum atomic E-state index is 14.2. The number of methoxy groups -OCH3 is 2. The maximum Gasteiger partial charge on any atom is 0.347 e. The number of hydrogen-bond donors (Lipinski definition) is 1. The molecule has 13 heteroatoms. The zero-order valence-electron chi connectivity index (χ0n) is 29.1. The number of aryl methyl sites for hydroxylation is 4. The summed E-state index contributed by atoms with van der Waals surface area (Å²) >= 11 is 0. The number of benzene rings is 2. The molecule has 1 N–H and O–H groups in total. The van der Waals surface area contributed by atoms with Gasteiger partial charge in [-0.2, -0.15) is 0 Å². The monoisotopic (exact) mass is 681 g/mol. The van der Waals surface area contributed by atoms with Gasteiger partial charge >= 0.3 is 11.4 Å². The van der Waals surface area contributed by atoms with Gasteiger partial charge in [-0.05, 0) is 61.1 Å². The first-order valence-corrected chi connectivity index (χ1v) is 16.5. The van der Waals surface area contributed by atoms with E-state index in [1.165, 1.54) is 34.2 Å². The summed E-state index contributed by atoms with van der Waals surface area (Å²) in [6, 6.07) is 6.32. The van der Waals surface area contributed by atoms with E-state index in [1.54, 1.807) is 40.0 Å². The fraction of sp³-hybridized carbons (Fsp3) is 0.405. The summed E-state index contributed by atoms with van der Waals surface area (Å²) in [5, 5.41) is 10.6. The Balaban J connectivity index is 1.31. The summed E-state index contributed by atoms with van der Waals surface area (Å²) in [6.45, 7) is 6.99. The van der Waals surface area contributed by atoms with Crippen LogP contribution in [0.5, 0.6) is 17.2 Å². The molecular weight excluding hydrogens is 642 g/mol. The number of rotatable bonds is 6. The second kappa shape index (κ2) is 11.6. The Kier molecular flexibility index (Phi) is 7.65. The summed E-state index contributed by atoms with van der Waals surface area (Å²) in [5.41, 5.74) is 1.72. The third-order valence-electron chi connectivity index (χ3n) is 11.1. The predicted molar refractivity (Wildman–Crippen MR) is 184 cm³/mol. The molecule has 1 saturated carbocycles. The Labute approximate surface area is 286 Å². The van der Waals surface area contributed by atoms with E-state index in [-0.39, 0.29) is 54.5 Å². The van der Waals surface area contributed by atoms with Gasteiger partial charge in [0.05, 0.1) is 43.3 Å². The summed E-state index contributed by atoms with van der Waals surface area (Å²) in [5.74, 6) is -0.632. The molecule has 7 rings (SSSR count). The molecular formula is C37H39N5O8. The lowest BCUT2D eigenvalue weighted by molar-refractivity contribution is -0.139. The van der Waals surface area contributed by atoms with Gasteiger partial charge in [0.2, 0.25) is 0 Å². The number of carbonyl (C=O) groups is 2. The average molecular weight is 682 g/mol. The molecule has 3 aliphatic rings. The SMILES string of the molecule is COc1cc2nc(CCn3c(=O)n4n(c3=O)C3CC5C(=O)C(C)=CC(=O)C5(C)C(c5cc(C)c(O)c(C)c5)C3=CC4)c(=O)n(C)c2cc1OC. The van der Waals surface area contributed by atoms with E-state index in [0.29, 0.717) is 39.2 Å². The zero-order valence-corrected chi connectivity index (χ0v) is 29.1. The minimum absolute atomic E-state index is 0.00737. The Morgan fingerprint density at radius 2 is 1.62 bits per heavy atom. The summed E-state index contributed by atoms with van der Waals surface area (Å²) in [6.07, 6.45) is 3.48. The highest BCUT2D eigenvalue weighted by Crippen LogP contribution is 2.59. The lowest BCUT2D eigenvalue weighted by atomic mass is 9.51. The lowest BCUT2D eigenvalue weighted by Gasteiger charge is -2.52. The fourth-order valence-corrected chi connectivity index (χ4v) is 8.41. The highest BCUT2D eigenvalue weighted by atomic mass is 16.5.